The molecule has 7 heteroatoms. The molecule has 0 radical (unpaired) electrons. The summed E-state index contributed by atoms with van der Waals surface area (Å²) in [7, 11) is -1.90. The van der Waals surface area contributed by atoms with E-state index in [0.29, 0.717) is 25.9 Å². The van der Waals surface area contributed by atoms with E-state index in [1.807, 2.05) is 39.0 Å². The number of Topliss-reactive ketones (excluding diaryl/α,β-unsaturated/α-hetero) is 1. The van der Waals surface area contributed by atoms with E-state index in [2.05, 4.69) is 79.2 Å². The Hall–Kier alpha value is -1.64. The van der Waals surface area contributed by atoms with Crippen molar-refractivity contribution < 1.29 is 23.8 Å². The van der Waals surface area contributed by atoms with Crippen LogP contribution in [-0.2, 0) is 25.1 Å². The Morgan fingerprint density at radius 3 is 2.43 bits per heavy atom. The molecule has 0 spiro atoms. The van der Waals surface area contributed by atoms with Crippen LogP contribution in [0.4, 0.5) is 0 Å². The third kappa shape index (κ3) is 11.5. The lowest BCUT2D eigenvalue weighted by atomic mass is 9.67. The second kappa shape index (κ2) is 17.1. The van der Waals surface area contributed by atoms with Gasteiger partial charge in [0.25, 0.3) is 0 Å². The van der Waals surface area contributed by atoms with Gasteiger partial charge in [-0.3, -0.25) is 9.78 Å². The fourth-order valence-electron chi connectivity index (χ4n) is 6.29. The van der Waals surface area contributed by atoms with E-state index < -0.39 is 31.5 Å². The molecule has 1 aromatic heterocycles. The summed E-state index contributed by atoms with van der Waals surface area (Å²) < 4.78 is 19.0. The van der Waals surface area contributed by atoms with E-state index in [4.69, 9.17) is 13.9 Å². The normalized spacial score (nSPS) is 21.6. The van der Waals surface area contributed by atoms with Crippen LogP contribution in [-0.4, -0.2) is 54.9 Å². The van der Waals surface area contributed by atoms with Crippen LogP contribution in [0.2, 0.25) is 18.1 Å². The Kier molecular flexibility index (Phi) is 15.1. The number of rotatable bonds is 18. The van der Waals surface area contributed by atoms with Crippen molar-refractivity contribution >= 4 is 14.1 Å². The monoisotopic (exact) mass is 657 g/mol. The number of ketones is 1. The summed E-state index contributed by atoms with van der Waals surface area (Å²) in [6.45, 7) is 30.4. The molecular formula is C39H67NO5Si. The van der Waals surface area contributed by atoms with Crippen molar-refractivity contribution in [2.45, 2.75) is 163 Å². The van der Waals surface area contributed by atoms with Gasteiger partial charge in [0.1, 0.15) is 5.78 Å². The minimum Gasteiger partial charge on any atom is -0.410 e. The molecule has 1 aliphatic rings. The number of aliphatic hydroxyl groups excluding tert-OH is 1. The number of aromatic nitrogens is 1. The van der Waals surface area contributed by atoms with Crippen LogP contribution in [0.5, 0.6) is 0 Å². The molecule has 0 bridgehead atoms. The van der Waals surface area contributed by atoms with Crippen molar-refractivity contribution in [2.24, 2.45) is 17.3 Å². The van der Waals surface area contributed by atoms with Gasteiger partial charge in [0.15, 0.2) is 14.1 Å². The Bertz CT molecular complexity index is 1140. The number of carbonyl (C=O) groups is 1. The average Bonchev–Trinajstić information content (AvgIpc) is 2.96. The SMILES string of the molecule is C=C(C)[C@H](CC=C(C)CCC[C@H](C)[C@@H](O)C(CCC)C(=O)C(C)(Cc1ccccn1)[C@@H]1CCOC(C)(C)O1)O[Si](C)(C)C(C)(C)C. The van der Waals surface area contributed by atoms with E-state index in [0.717, 1.165) is 43.4 Å². The lowest BCUT2D eigenvalue weighted by molar-refractivity contribution is -0.290. The third-order valence-electron chi connectivity index (χ3n) is 10.4. The zero-order valence-corrected chi connectivity index (χ0v) is 32.4. The van der Waals surface area contributed by atoms with Gasteiger partial charge in [-0.2, -0.15) is 0 Å². The van der Waals surface area contributed by atoms with Crippen LogP contribution in [0.15, 0.2) is 48.2 Å². The summed E-state index contributed by atoms with van der Waals surface area (Å²) in [5, 5.41) is 11.9. The molecule has 0 saturated carbocycles. The second-order valence-electron chi connectivity index (χ2n) is 16.2. The molecule has 2 rings (SSSR count). The van der Waals surface area contributed by atoms with E-state index >= 15 is 0 Å². The fraction of sp³-hybridized carbons (Fsp3) is 0.744. The minimum absolute atomic E-state index is 0.00969. The van der Waals surface area contributed by atoms with Crippen LogP contribution in [0.25, 0.3) is 0 Å². The Labute approximate surface area is 282 Å². The molecule has 1 aromatic rings. The van der Waals surface area contributed by atoms with E-state index in [9.17, 15) is 9.90 Å². The molecule has 1 N–H and O–H groups in total. The maximum atomic E-state index is 14.6. The topological polar surface area (TPSA) is 77.9 Å². The Balaban J connectivity index is 2.13. The van der Waals surface area contributed by atoms with Crippen molar-refractivity contribution in [1.82, 2.24) is 4.98 Å². The van der Waals surface area contributed by atoms with Crippen LogP contribution < -0.4 is 0 Å². The van der Waals surface area contributed by atoms with Crippen molar-refractivity contribution in [3.8, 4) is 0 Å². The Morgan fingerprint density at radius 1 is 1.22 bits per heavy atom. The molecule has 262 valence electrons. The summed E-state index contributed by atoms with van der Waals surface area (Å²) in [6.07, 6.45) is 9.19. The molecule has 46 heavy (non-hydrogen) atoms. The zero-order valence-electron chi connectivity index (χ0n) is 31.4. The lowest BCUT2D eigenvalue weighted by Crippen LogP contribution is -2.54. The van der Waals surface area contributed by atoms with E-state index in [-0.39, 0.29) is 28.9 Å². The van der Waals surface area contributed by atoms with E-state index in [1.54, 1.807) is 6.20 Å². The highest BCUT2D eigenvalue weighted by atomic mass is 28.4. The van der Waals surface area contributed by atoms with Crippen molar-refractivity contribution in [2.75, 3.05) is 6.61 Å². The first-order valence-corrected chi connectivity index (χ1v) is 20.6. The van der Waals surface area contributed by atoms with Crippen molar-refractivity contribution in [3.05, 3.63) is 53.9 Å². The summed E-state index contributed by atoms with van der Waals surface area (Å²) in [4.78, 5) is 19.2. The molecule has 0 aromatic carbocycles. The number of nitrogens with zero attached hydrogens (tertiary/aromatic N) is 1. The third-order valence-corrected chi connectivity index (χ3v) is 14.9. The molecule has 1 saturated heterocycles. The highest BCUT2D eigenvalue weighted by Crippen LogP contribution is 2.42. The molecule has 6 nitrogen and oxygen atoms in total. The first kappa shape index (κ1) is 40.5. The number of hydrogen-bond donors (Lipinski definition) is 1. The summed E-state index contributed by atoms with van der Waals surface area (Å²) >= 11 is 0. The zero-order chi connectivity index (χ0) is 34.9. The van der Waals surface area contributed by atoms with Crippen LogP contribution in [0.1, 0.15) is 120 Å². The van der Waals surface area contributed by atoms with Gasteiger partial charge < -0.3 is 19.0 Å². The van der Waals surface area contributed by atoms with Gasteiger partial charge in [0.2, 0.25) is 0 Å². The number of allylic oxidation sites excluding steroid dienone is 1. The number of aliphatic hydroxyl groups is 1. The Morgan fingerprint density at radius 2 is 1.89 bits per heavy atom. The van der Waals surface area contributed by atoms with Gasteiger partial charge in [0.05, 0.1) is 30.3 Å². The molecule has 1 aliphatic heterocycles. The van der Waals surface area contributed by atoms with Gasteiger partial charge in [-0.05, 0) is 109 Å². The summed E-state index contributed by atoms with van der Waals surface area (Å²) in [6, 6.07) is 5.82. The van der Waals surface area contributed by atoms with Crippen molar-refractivity contribution in [3.63, 3.8) is 0 Å². The molecule has 0 amide bonds. The number of ether oxygens (including phenoxy) is 2. The highest BCUT2D eigenvalue weighted by Gasteiger charge is 2.50. The quantitative estimate of drug-likeness (QED) is 0.125. The first-order valence-electron chi connectivity index (χ1n) is 17.7. The smallest absolute Gasteiger partial charge is 0.192 e. The largest absolute Gasteiger partial charge is 0.410 e. The molecule has 2 unspecified atom stereocenters. The molecule has 6 atom stereocenters. The van der Waals surface area contributed by atoms with Crippen LogP contribution >= 0.6 is 0 Å². The summed E-state index contributed by atoms with van der Waals surface area (Å²) in [5.41, 5.74) is 2.41. The predicted octanol–water partition coefficient (Wildman–Crippen LogP) is 9.63. The van der Waals surface area contributed by atoms with Crippen LogP contribution in [0, 0.1) is 17.3 Å². The van der Waals surface area contributed by atoms with Crippen LogP contribution in [0.3, 0.4) is 0 Å². The first-order chi connectivity index (χ1) is 21.2. The lowest BCUT2D eigenvalue weighted by Gasteiger charge is -2.46. The molecular weight excluding hydrogens is 591 g/mol. The molecule has 2 heterocycles. The maximum Gasteiger partial charge on any atom is 0.192 e. The van der Waals surface area contributed by atoms with Crippen molar-refractivity contribution in [1.29, 1.82) is 0 Å². The fourth-order valence-corrected chi connectivity index (χ4v) is 7.65. The maximum absolute atomic E-state index is 14.6. The number of pyridine rings is 1. The van der Waals surface area contributed by atoms with Gasteiger partial charge in [-0.15, -0.1) is 0 Å². The minimum atomic E-state index is -1.90. The highest BCUT2D eigenvalue weighted by molar-refractivity contribution is 6.74. The standard InChI is InChI=1S/C39H67NO5Si/c1-14-18-32(36(42)39(11,27-31-21-15-16-25-40-31)34-24-26-43-38(9,10)44-34)35(41)30(5)20-17-19-29(4)22-23-33(28(2)3)45-46(12,13)37(6,7)8/h15-16,21-22,25,30,32-35,41H,2,14,17-20,23-24,26-27H2,1,3-13H3/t30-,32?,33-,34-,35+,39?/m0/s1. The number of hydrogen-bond acceptors (Lipinski definition) is 6. The average molecular weight is 658 g/mol. The van der Waals surface area contributed by atoms with Gasteiger partial charge in [-0.25, -0.2) is 0 Å². The van der Waals surface area contributed by atoms with E-state index in [1.165, 1.54) is 5.57 Å². The van der Waals surface area contributed by atoms with Gasteiger partial charge in [0, 0.05) is 24.2 Å². The molecule has 0 aliphatic carbocycles. The number of carbonyl (C=O) groups excluding carboxylic acids is 1. The molecule has 1 fully saturated rings. The van der Waals surface area contributed by atoms with Gasteiger partial charge >= 0.3 is 0 Å². The van der Waals surface area contributed by atoms with Gasteiger partial charge in [-0.1, -0.05) is 70.9 Å². The summed E-state index contributed by atoms with van der Waals surface area (Å²) in [5.74, 6) is -1.17. The second-order valence-corrected chi connectivity index (χ2v) is 20.9. The predicted molar refractivity (Wildman–Crippen MR) is 193 cm³/mol.